The number of nitrogens with one attached hydrogen (secondary N) is 1. The average molecular weight is 307 g/mol. The Kier molecular flexibility index (Phi) is 4.06. The second-order valence-corrected chi connectivity index (χ2v) is 6.65. The molecule has 0 atom stereocenters. The van der Waals surface area contributed by atoms with Gasteiger partial charge < -0.3 is 10.2 Å². The molecule has 20 heavy (non-hydrogen) atoms. The number of aryl methyl sites for hydroxylation is 1. The first-order valence-corrected chi connectivity index (χ1v) is 7.82. The van der Waals surface area contributed by atoms with Crippen molar-refractivity contribution in [3.8, 4) is 6.07 Å². The molecular weight excluding hydrogens is 294 g/mol. The highest BCUT2D eigenvalue weighted by Gasteiger charge is 2.23. The first-order valence-electron chi connectivity index (χ1n) is 5.93. The third-order valence-corrected chi connectivity index (χ3v) is 4.94. The van der Waals surface area contributed by atoms with Crippen LogP contribution in [0, 0.1) is 18.3 Å². The Hall–Kier alpha value is -1.91. The van der Waals surface area contributed by atoms with Crippen molar-refractivity contribution in [2.45, 2.75) is 11.8 Å². The Morgan fingerprint density at radius 2 is 2.10 bits per heavy atom. The van der Waals surface area contributed by atoms with Crippen molar-refractivity contribution in [1.29, 1.82) is 5.26 Å². The third kappa shape index (κ3) is 2.81. The van der Waals surface area contributed by atoms with Crippen molar-refractivity contribution in [3.63, 3.8) is 0 Å². The second kappa shape index (κ2) is 5.61. The van der Waals surface area contributed by atoms with Crippen LogP contribution in [0.25, 0.3) is 0 Å². The van der Waals surface area contributed by atoms with Gasteiger partial charge in [0.25, 0.3) is 0 Å². The topological polar surface area (TPSA) is 73.2 Å². The lowest BCUT2D eigenvalue weighted by atomic mass is 10.2. The molecule has 104 valence electrons. The fraction of sp³-hybridized carbons (Fsp3) is 0.231. The number of benzene rings is 1. The monoisotopic (exact) mass is 307 g/mol. The van der Waals surface area contributed by atoms with Crippen LogP contribution in [0.15, 0.2) is 40.3 Å². The molecule has 1 aliphatic rings. The van der Waals surface area contributed by atoms with Crippen LogP contribution in [0.5, 0.6) is 0 Å². The van der Waals surface area contributed by atoms with E-state index < -0.39 is 9.84 Å². The fourth-order valence-electron chi connectivity index (χ4n) is 1.75. The Balaban J connectivity index is 2.40. The van der Waals surface area contributed by atoms with Crippen LogP contribution >= 0.6 is 12.2 Å². The summed E-state index contributed by atoms with van der Waals surface area (Å²) in [4.78, 5) is 1.35. The van der Waals surface area contributed by atoms with Gasteiger partial charge in [-0.1, -0.05) is 17.7 Å². The number of thiocarbonyl (C=S) groups is 1. The molecule has 1 heterocycles. The molecule has 1 aromatic rings. The van der Waals surface area contributed by atoms with Crippen molar-refractivity contribution in [3.05, 3.63) is 40.9 Å². The van der Waals surface area contributed by atoms with Gasteiger partial charge in [-0.05, 0) is 31.3 Å². The maximum atomic E-state index is 12.4. The second-order valence-electron chi connectivity index (χ2n) is 4.35. The predicted octanol–water partition coefficient (Wildman–Crippen LogP) is 1.32. The SMILES string of the molecule is Cc1ccc(S(=O)(=O)/C(C#N)=C\N2CCNC2=S)cc1. The molecule has 0 aliphatic carbocycles. The van der Waals surface area contributed by atoms with E-state index in [0.29, 0.717) is 18.2 Å². The summed E-state index contributed by atoms with van der Waals surface area (Å²) in [6, 6.07) is 8.14. The van der Waals surface area contributed by atoms with Crippen LogP contribution in [-0.2, 0) is 9.84 Å². The first kappa shape index (κ1) is 14.5. The highest BCUT2D eigenvalue weighted by atomic mass is 32.2. The van der Waals surface area contributed by atoms with Crippen LogP contribution in [0.2, 0.25) is 0 Å². The molecule has 2 rings (SSSR count). The summed E-state index contributed by atoms with van der Waals surface area (Å²) in [6.45, 7) is 3.05. The number of allylic oxidation sites excluding steroid dienone is 1. The van der Waals surface area contributed by atoms with E-state index in [9.17, 15) is 8.42 Å². The maximum Gasteiger partial charge on any atom is 0.218 e. The van der Waals surface area contributed by atoms with E-state index in [-0.39, 0.29) is 9.80 Å². The van der Waals surface area contributed by atoms with Gasteiger partial charge >= 0.3 is 0 Å². The zero-order chi connectivity index (χ0) is 14.8. The lowest BCUT2D eigenvalue weighted by molar-refractivity contribution is 0.597. The Morgan fingerprint density at radius 3 is 2.60 bits per heavy atom. The van der Waals surface area contributed by atoms with E-state index in [0.717, 1.165) is 5.56 Å². The number of hydrogen-bond acceptors (Lipinski definition) is 4. The minimum Gasteiger partial charge on any atom is -0.360 e. The molecule has 1 aliphatic heterocycles. The van der Waals surface area contributed by atoms with Crippen molar-refractivity contribution in [1.82, 2.24) is 10.2 Å². The highest BCUT2D eigenvalue weighted by Crippen LogP contribution is 2.20. The summed E-state index contributed by atoms with van der Waals surface area (Å²) < 4.78 is 24.8. The highest BCUT2D eigenvalue weighted by molar-refractivity contribution is 7.95. The summed E-state index contributed by atoms with van der Waals surface area (Å²) in [7, 11) is -3.81. The van der Waals surface area contributed by atoms with E-state index in [1.807, 2.05) is 6.92 Å². The van der Waals surface area contributed by atoms with Gasteiger partial charge in [0.15, 0.2) is 10.0 Å². The smallest absolute Gasteiger partial charge is 0.218 e. The molecule has 0 spiro atoms. The normalized spacial score (nSPS) is 15.9. The molecule has 0 bridgehead atoms. The summed E-state index contributed by atoms with van der Waals surface area (Å²) in [6.07, 6.45) is 1.29. The molecule has 0 radical (unpaired) electrons. The van der Waals surface area contributed by atoms with Crippen molar-refractivity contribution in [2.24, 2.45) is 0 Å². The summed E-state index contributed by atoms with van der Waals surface area (Å²) >= 11 is 5.03. The molecule has 7 heteroatoms. The Morgan fingerprint density at radius 1 is 1.45 bits per heavy atom. The van der Waals surface area contributed by atoms with Crippen molar-refractivity contribution >= 4 is 27.2 Å². The molecule has 5 nitrogen and oxygen atoms in total. The first-order chi connectivity index (χ1) is 9.45. The number of nitrogens with zero attached hydrogens (tertiary/aromatic N) is 2. The lowest BCUT2D eigenvalue weighted by Gasteiger charge is -2.11. The minimum atomic E-state index is -3.81. The summed E-state index contributed by atoms with van der Waals surface area (Å²) in [5, 5.41) is 12.5. The van der Waals surface area contributed by atoms with Crippen LogP contribution in [0.4, 0.5) is 0 Å². The van der Waals surface area contributed by atoms with E-state index in [1.54, 1.807) is 23.1 Å². The minimum absolute atomic E-state index is 0.106. The molecule has 1 saturated heterocycles. The van der Waals surface area contributed by atoms with Crippen LogP contribution in [-0.4, -0.2) is 31.5 Å². The van der Waals surface area contributed by atoms with Gasteiger partial charge in [0, 0.05) is 19.3 Å². The zero-order valence-electron chi connectivity index (χ0n) is 10.8. The van der Waals surface area contributed by atoms with Gasteiger partial charge in [0.2, 0.25) is 9.84 Å². The summed E-state index contributed by atoms with van der Waals surface area (Å²) in [5.74, 6) is 0. The van der Waals surface area contributed by atoms with Gasteiger partial charge in [-0.2, -0.15) is 5.26 Å². The van der Waals surface area contributed by atoms with Crippen LogP contribution < -0.4 is 5.32 Å². The largest absolute Gasteiger partial charge is 0.360 e. The number of sulfone groups is 1. The number of nitriles is 1. The van der Waals surface area contributed by atoms with Gasteiger partial charge in [0.1, 0.15) is 6.07 Å². The molecule has 0 unspecified atom stereocenters. The zero-order valence-corrected chi connectivity index (χ0v) is 12.5. The molecule has 1 fully saturated rings. The lowest BCUT2D eigenvalue weighted by Crippen LogP contribution is -2.23. The van der Waals surface area contributed by atoms with Gasteiger partial charge in [-0.15, -0.1) is 0 Å². The van der Waals surface area contributed by atoms with Gasteiger partial charge in [0.05, 0.1) is 4.90 Å². The standard InChI is InChI=1S/C13H13N3O2S2/c1-10-2-4-11(5-3-10)20(17,18)12(8-14)9-16-7-6-15-13(16)19/h2-5,9H,6-7H2,1H3,(H,15,19)/b12-9-. The molecule has 0 amide bonds. The molecule has 1 aromatic carbocycles. The van der Waals surface area contributed by atoms with Crippen molar-refractivity contribution < 1.29 is 8.42 Å². The maximum absolute atomic E-state index is 12.4. The fourth-order valence-corrected chi connectivity index (χ4v) is 3.13. The summed E-state index contributed by atoms with van der Waals surface area (Å²) in [5.41, 5.74) is 0.955. The van der Waals surface area contributed by atoms with E-state index in [1.165, 1.54) is 18.3 Å². The Bertz CT molecular complexity index is 700. The third-order valence-electron chi connectivity index (χ3n) is 2.89. The molecule has 1 N–H and O–H groups in total. The van der Waals surface area contributed by atoms with E-state index >= 15 is 0 Å². The molecule has 0 saturated carbocycles. The van der Waals surface area contributed by atoms with Crippen LogP contribution in [0.3, 0.4) is 0 Å². The average Bonchev–Trinajstić information content (AvgIpc) is 2.81. The quantitative estimate of drug-likeness (QED) is 0.671. The van der Waals surface area contributed by atoms with Crippen molar-refractivity contribution in [2.75, 3.05) is 13.1 Å². The number of rotatable bonds is 3. The van der Waals surface area contributed by atoms with E-state index in [4.69, 9.17) is 17.5 Å². The Labute approximate surface area is 123 Å². The molecular formula is C13H13N3O2S2. The van der Waals surface area contributed by atoms with Crippen LogP contribution in [0.1, 0.15) is 5.56 Å². The van der Waals surface area contributed by atoms with Gasteiger partial charge in [-0.3, -0.25) is 0 Å². The number of hydrogen-bond donors (Lipinski definition) is 1. The predicted molar refractivity (Wildman–Crippen MR) is 79.4 cm³/mol. The van der Waals surface area contributed by atoms with Gasteiger partial charge in [-0.25, -0.2) is 8.42 Å². The molecule has 0 aromatic heterocycles. The van der Waals surface area contributed by atoms with E-state index in [2.05, 4.69) is 5.32 Å².